The van der Waals surface area contributed by atoms with Crippen LogP contribution in [0.15, 0.2) is 53.9 Å². The standard InChI is InChI=1S/C18H14Cl2N2O2S/c1-11(24-13-8-6-12(19)7-9-13)17(23)22-18-21-16(10-25-18)14-4-2-3-5-15(14)20/h2-11H,1H3,(H,21,22,23). The van der Waals surface area contributed by atoms with Gasteiger partial charge in [0, 0.05) is 21.0 Å². The molecular weight excluding hydrogens is 379 g/mol. The summed E-state index contributed by atoms with van der Waals surface area (Å²) in [6.45, 7) is 1.67. The van der Waals surface area contributed by atoms with Crippen molar-refractivity contribution >= 4 is 45.6 Å². The smallest absolute Gasteiger partial charge is 0.266 e. The maximum absolute atomic E-state index is 12.3. The van der Waals surface area contributed by atoms with Crippen molar-refractivity contribution in [2.24, 2.45) is 0 Å². The van der Waals surface area contributed by atoms with Crippen molar-refractivity contribution in [3.63, 3.8) is 0 Å². The Balaban J connectivity index is 1.65. The minimum atomic E-state index is -0.672. The van der Waals surface area contributed by atoms with Gasteiger partial charge in [0.15, 0.2) is 11.2 Å². The lowest BCUT2D eigenvalue weighted by Crippen LogP contribution is -2.30. The minimum Gasteiger partial charge on any atom is -0.481 e. The molecule has 0 bridgehead atoms. The third-order valence-electron chi connectivity index (χ3n) is 3.38. The normalized spacial score (nSPS) is 11.8. The van der Waals surface area contributed by atoms with Crippen LogP contribution in [-0.4, -0.2) is 17.0 Å². The lowest BCUT2D eigenvalue weighted by molar-refractivity contribution is -0.122. The summed E-state index contributed by atoms with van der Waals surface area (Å²) in [5, 5.41) is 6.32. The van der Waals surface area contributed by atoms with Crippen LogP contribution < -0.4 is 10.1 Å². The largest absolute Gasteiger partial charge is 0.481 e. The minimum absolute atomic E-state index is 0.282. The monoisotopic (exact) mass is 392 g/mol. The van der Waals surface area contributed by atoms with Gasteiger partial charge in [0.2, 0.25) is 0 Å². The van der Waals surface area contributed by atoms with Crippen molar-refractivity contribution in [1.82, 2.24) is 4.98 Å². The second-order valence-corrected chi connectivity index (χ2v) is 6.92. The van der Waals surface area contributed by atoms with Crippen molar-refractivity contribution in [2.45, 2.75) is 13.0 Å². The number of carbonyl (C=O) groups excluding carboxylic acids is 1. The molecule has 3 rings (SSSR count). The average Bonchev–Trinajstić information content (AvgIpc) is 3.05. The van der Waals surface area contributed by atoms with Crippen LogP contribution in [0.25, 0.3) is 11.3 Å². The Morgan fingerprint density at radius 3 is 2.60 bits per heavy atom. The van der Waals surface area contributed by atoms with Gasteiger partial charge in [0.05, 0.1) is 5.69 Å². The zero-order valence-electron chi connectivity index (χ0n) is 13.2. The number of halogens is 2. The summed E-state index contributed by atoms with van der Waals surface area (Å²) in [6.07, 6.45) is -0.672. The van der Waals surface area contributed by atoms with Crippen LogP contribution in [0.1, 0.15) is 6.92 Å². The number of anilines is 1. The summed E-state index contributed by atoms with van der Waals surface area (Å²) < 4.78 is 5.60. The van der Waals surface area contributed by atoms with Crippen molar-refractivity contribution in [2.75, 3.05) is 5.32 Å². The van der Waals surface area contributed by atoms with Crippen molar-refractivity contribution < 1.29 is 9.53 Å². The average molecular weight is 393 g/mol. The number of nitrogens with zero attached hydrogens (tertiary/aromatic N) is 1. The number of aromatic nitrogens is 1. The van der Waals surface area contributed by atoms with E-state index in [1.54, 1.807) is 37.3 Å². The second-order valence-electron chi connectivity index (χ2n) is 5.22. The molecule has 25 heavy (non-hydrogen) atoms. The number of nitrogens with one attached hydrogen (secondary N) is 1. The molecule has 1 N–H and O–H groups in total. The predicted octanol–water partition coefficient (Wildman–Crippen LogP) is 5.52. The third-order valence-corrected chi connectivity index (χ3v) is 4.72. The van der Waals surface area contributed by atoms with Crippen molar-refractivity contribution in [3.8, 4) is 17.0 Å². The summed E-state index contributed by atoms with van der Waals surface area (Å²) in [5.41, 5.74) is 1.54. The molecule has 0 spiro atoms. The summed E-state index contributed by atoms with van der Waals surface area (Å²) >= 11 is 13.3. The Bertz CT molecular complexity index is 881. The molecule has 1 unspecified atom stereocenters. The van der Waals surface area contributed by atoms with Gasteiger partial charge in [-0.25, -0.2) is 4.98 Å². The molecule has 1 aromatic heterocycles. The van der Waals surface area contributed by atoms with E-state index in [0.29, 0.717) is 20.9 Å². The van der Waals surface area contributed by atoms with Crippen LogP contribution >= 0.6 is 34.5 Å². The van der Waals surface area contributed by atoms with Gasteiger partial charge in [-0.2, -0.15) is 0 Å². The molecule has 7 heteroatoms. The number of hydrogen-bond donors (Lipinski definition) is 1. The van der Waals surface area contributed by atoms with Gasteiger partial charge >= 0.3 is 0 Å². The second kappa shape index (κ2) is 7.87. The predicted molar refractivity (Wildman–Crippen MR) is 103 cm³/mol. The molecule has 3 aromatic rings. The van der Waals surface area contributed by atoms with E-state index < -0.39 is 6.10 Å². The first-order valence-corrected chi connectivity index (χ1v) is 9.10. The van der Waals surface area contributed by atoms with Gasteiger partial charge in [-0.05, 0) is 37.3 Å². The van der Waals surface area contributed by atoms with Gasteiger partial charge in [-0.1, -0.05) is 41.4 Å². The highest BCUT2D eigenvalue weighted by molar-refractivity contribution is 7.14. The topological polar surface area (TPSA) is 51.2 Å². The van der Waals surface area contributed by atoms with Crippen LogP contribution in [0.5, 0.6) is 5.75 Å². The molecule has 1 amide bonds. The van der Waals surface area contributed by atoms with E-state index in [-0.39, 0.29) is 5.91 Å². The van der Waals surface area contributed by atoms with Gasteiger partial charge in [-0.3, -0.25) is 10.1 Å². The van der Waals surface area contributed by atoms with Crippen LogP contribution in [-0.2, 0) is 4.79 Å². The quantitative estimate of drug-likeness (QED) is 0.621. The molecule has 0 fully saturated rings. The molecule has 0 aliphatic heterocycles. The number of thiazole rings is 1. The Kier molecular flexibility index (Phi) is 5.58. The lowest BCUT2D eigenvalue weighted by Gasteiger charge is -2.13. The maximum atomic E-state index is 12.3. The number of benzene rings is 2. The maximum Gasteiger partial charge on any atom is 0.266 e. The van der Waals surface area contributed by atoms with Crippen LogP contribution in [0.3, 0.4) is 0 Å². The van der Waals surface area contributed by atoms with E-state index in [1.165, 1.54) is 11.3 Å². The fraction of sp³-hybridized carbons (Fsp3) is 0.111. The van der Waals surface area contributed by atoms with E-state index >= 15 is 0 Å². The van der Waals surface area contributed by atoms with E-state index in [1.807, 2.05) is 23.6 Å². The molecular formula is C18H14Cl2N2O2S. The van der Waals surface area contributed by atoms with E-state index in [9.17, 15) is 4.79 Å². The Labute approximate surface area is 159 Å². The highest BCUT2D eigenvalue weighted by Crippen LogP contribution is 2.30. The highest BCUT2D eigenvalue weighted by atomic mass is 35.5. The number of amides is 1. The zero-order chi connectivity index (χ0) is 17.8. The Morgan fingerprint density at radius 2 is 1.88 bits per heavy atom. The first kappa shape index (κ1) is 17.7. The Morgan fingerprint density at radius 1 is 1.16 bits per heavy atom. The van der Waals surface area contributed by atoms with Gasteiger partial charge in [-0.15, -0.1) is 11.3 Å². The molecule has 0 saturated heterocycles. The molecule has 1 heterocycles. The van der Waals surface area contributed by atoms with E-state index in [0.717, 1.165) is 11.3 Å². The molecule has 1 atom stereocenters. The highest BCUT2D eigenvalue weighted by Gasteiger charge is 2.17. The van der Waals surface area contributed by atoms with Gasteiger partial charge < -0.3 is 4.74 Å². The van der Waals surface area contributed by atoms with Gasteiger partial charge in [0.1, 0.15) is 5.75 Å². The van der Waals surface area contributed by atoms with E-state index in [2.05, 4.69) is 10.3 Å². The lowest BCUT2D eigenvalue weighted by atomic mass is 10.2. The van der Waals surface area contributed by atoms with Crippen molar-refractivity contribution in [3.05, 3.63) is 64.0 Å². The summed E-state index contributed by atoms with van der Waals surface area (Å²) in [4.78, 5) is 16.7. The zero-order valence-corrected chi connectivity index (χ0v) is 15.5. The first-order valence-electron chi connectivity index (χ1n) is 7.46. The SMILES string of the molecule is CC(Oc1ccc(Cl)cc1)C(=O)Nc1nc(-c2ccccc2Cl)cs1. The number of hydrogen-bond acceptors (Lipinski definition) is 4. The fourth-order valence-electron chi connectivity index (χ4n) is 2.10. The number of rotatable bonds is 5. The van der Waals surface area contributed by atoms with Gasteiger partial charge in [0.25, 0.3) is 5.91 Å². The van der Waals surface area contributed by atoms with Crippen molar-refractivity contribution in [1.29, 1.82) is 0 Å². The number of carbonyl (C=O) groups is 1. The molecule has 4 nitrogen and oxygen atoms in total. The van der Waals surface area contributed by atoms with Crippen LogP contribution in [0.4, 0.5) is 5.13 Å². The van der Waals surface area contributed by atoms with Crippen LogP contribution in [0, 0.1) is 0 Å². The fourth-order valence-corrected chi connectivity index (χ4v) is 3.17. The summed E-state index contributed by atoms with van der Waals surface area (Å²) in [7, 11) is 0. The molecule has 0 saturated carbocycles. The van der Waals surface area contributed by atoms with Crippen LogP contribution in [0.2, 0.25) is 10.0 Å². The molecule has 0 aliphatic rings. The van der Waals surface area contributed by atoms with E-state index in [4.69, 9.17) is 27.9 Å². The number of ether oxygens (including phenoxy) is 1. The third kappa shape index (κ3) is 4.51. The molecule has 128 valence electrons. The molecule has 0 radical (unpaired) electrons. The first-order chi connectivity index (χ1) is 12.0. The summed E-state index contributed by atoms with van der Waals surface area (Å²) in [5.74, 6) is 0.290. The molecule has 2 aromatic carbocycles. The summed E-state index contributed by atoms with van der Waals surface area (Å²) in [6, 6.07) is 14.3. The molecule has 0 aliphatic carbocycles. The Hall–Kier alpha value is -2.08.